The highest BCUT2D eigenvalue weighted by Gasteiger charge is 2.15. The molecule has 0 saturated carbocycles. The quantitative estimate of drug-likeness (QED) is 0.916. The van der Waals surface area contributed by atoms with Crippen LogP contribution in [0.1, 0.15) is 18.5 Å². The smallest absolute Gasteiger partial charge is 0.231 e. The second-order valence-corrected chi connectivity index (χ2v) is 4.30. The number of benzene rings is 1. The van der Waals surface area contributed by atoms with Crippen molar-refractivity contribution in [1.29, 1.82) is 0 Å². The van der Waals surface area contributed by atoms with Crippen molar-refractivity contribution >= 4 is 0 Å². The summed E-state index contributed by atoms with van der Waals surface area (Å²) in [4.78, 5) is 4.21. The molecule has 3 rings (SSSR count). The summed E-state index contributed by atoms with van der Waals surface area (Å²) >= 11 is 0. The molecule has 1 atom stereocenters. The average molecular weight is 258 g/mol. The second kappa shape index (κ2) is 4.78. The molecule has 0 fully saturated rings. The molecule has 98 valence electrons. The number of nitrogens with zero attached hydrogens (tertiary/aromatic N) is 1. The maximum Gasteiger partial charge on any atom is 0.231 e. The molecule has 5 nitrogen and oxygen atoms in total. The van der Waals surface area contributed by atoms with Crippen molar-refractivity contribution in [3.05, 3.63) is 42.1 Å². The molecule has 5 heteroatoms. The van der Waals surface area contributed by atoms with Crippen LogP contribution in [0, 0.1) is 0 Å². The average Bonchev–Trinajstić information content (AvgIpc) is 2.86. The predicted molar refractivity (Wildman–Crippen MR) is 69.5 cm³/mol. The highest BCUT2D eigenvalue weighted by Crippen LogP contribution is 2.37. The number of pyridine rings is 1. The van der Waals surface area contributed by atoms with E-state index in [2.05, 4.69) is 4.98 Å². The van der Waals surface area contributed by atoms with Gasteiger partial charge in [0.15, 0.2) is 11.5 Å². The molecule has 19 heavy (non-hydrogen) atoms. The van der Waals surface area contributed by atoms with Gasteiger partial charge < -0.3 is 19.9 Å². The lowest BCUT2D eigenvalue weighted by Crippen LogP contribution is -2.07. The minimum atomic E-state index is -0.141. The molecule has 1 aromatic heterocycles. The molecule has 0 bridgehead atoms. The third kappa shape index (κ3) is 2.32. The Morgan fingerprint density at radius 2 is 2.11 bits per heavy atom. The maximum atomic E-state index is 5.89. The minimum Gasteiger partial charge on any atom is -0.454 e. The Morgan fingerprint density at radius 3 is 2.95 bits per heavy atom. The molecule has 1 aromatic carbocycles. The van der Waals surface area contributed by atoms with Crippen LogP contribution < -0.4 is 19.9 Å². The number of hydrogen-bond acceptors (Lipinski definition) is 5. The van der Waals surface area contributed by atoms with Crippen LogP contribution in [0.4, 0.5) is 0 Å². The molecule has 1 aliphatic rings. The highest BCUT2D eigenvalue weighted by atomic mass is 16.7. The van der Waals surface area contributed by atoms with Gasteiger partial charge in [0.2, 0.25) is 12.7 Å². The first kappa shape index (κ1) is 11.8. The second-order valence-electron chi connectivity index (χ2n) is 4.30. The van der Waals surface area contributed by atoms with Gasteiger partial charge in [-0.2, -0.15) is 0 Å². The summed E-state index contributed by atoms with van der Waals surface area (Å²) in [5.41, 5.74) is 6.75. The Bertz CT molecular complexity index is 599. The van der Waals surface area contributed by atoms with Crippen LogP contribution in [0.2, 0.25) is 0 Å². The van der Waals surface area contributed by atoms with Crippen molar-refractivity contribution in [1.82, 2.24) is 4.98 Å². The van der Waals surface area contributed by atoms with Crippen molar-refractivity contribution in [3.63, 3.8) is 0 Å². The predicted octanol–water partition coefficient (Wildman–Crippen LogP) is 2.62. The minimum absolute atomic E-state index is 0.141. The van der Waals surface area contributed by atoms with Crippen LogP contribution in [0.15, 0.2) is 36.5 Å². The van der Waals surface area contributed by atoms with Crippen LogP contribution in [0.5, 0.6) is 23.1 Å². The fraction of sp³-hybridized carbons (Fsp3) is 0.214. The van der Waals surface area contributed by atoms with Gasteiger partial charge in [0.25, 0.3) is 0 Å². The molecular weight excluding hydrogens is 244 g/mol. The normalized spacial score (nSPS) is 14.2. The molecule has 2 heterocycles. The van der Waals surface area contributed by atoms with Gasteiger partial charge in [-0.25, -0.2) is 4.98 Å². The molecule has 0 amide bonds. The van der Waals surface area contributed by atoms with Gasteiger partial charge in [-0.05, 0) is 25.1 Å². The number of ether oxygens (including phenoxy) is 3. The van der Waals surface area contributed by atoms with Crippen LogP contribution >= 0.6 is 0 Å². The SMILES string of the molecule is C[C@@H](N)c1cccnc1Oc1ccc2c(c1)OCO2. The zero-order valence-corrected chi connectivity index (χ0v) is 10.5. The van der Waals surface area contributed by atoms with Gasteiger partial charge in [0.1, 0.15) is 5.75 Å². The topological polar surface area (TPSA) is 66.6 Å². The van der Waals surface area contributed by atoms with Gasteiger partial charge in [-0.3, -0.25) is 0 Å². The molecule has 0 radical (unpaired) electrons. The third-order valence-electron chi connectivity index (χ3n) is 2.85. The summed E-state index contributed by atoms with van der Waals surface area (Å²) in [6, 6.07) is 9.00. The van der Waals surface area contributed by atoms with Crippen LogP contribution in [-0.4, -0.2) is 11.8 Å². The molecule has 0 unspecified atom stereocenters. The Morgan fingerprint density at radius 1 is 1.26 bits per heavy atom. The summed E-state index contributed by atoms with van der Waals surface area (Å²) in [5.74, 6) is 2.55. The number of nitrogens with two attached hydrogens (primary N) is 1. The summed E-state index contributed by atoms with van der Waals surface area (Å²) < 4.78 is 16.3. The summed E-state index contributed by atoms with van der Waals surface area (Å²) in [6.45, 7) is 2.14. The van der Waals surface area contributed by atoms with Crippen molar-refractivity contribution in [2.24, 2.45) is 5.73 Å². The van der Waals surface area contributed by atoms with E-state index in [1.807, 2.05) is 31.2 Å². The van der Waals surface area contributed by atoms with E-state index in [9.17, 15) is 0 Å². The van der Waals surface area contributed by atoms with Gasteiger partial charge in [-0.1, -0.05) is 6.07 Å². The fourth-order valence-corrected chi connectivity index (χ4v) is 1.89. The number of hydrogen-bond donors (Lipinski definition) is 1. The first-order valence-corrected chi connectivity index (χ1v) is 6.02. The Labute approximate surface area is 110 Å². The van der Waals surface area contributed by atoms with Gasteiger partial charge in [0, 0.05) is 23.9 Å². The summed E-state index contributed by atoms with van der Waals surface area (Å²) in [5, 5.41) is 0. The lowest BCUT2D eigenvalue weighted by atomic mass is 10.1. The summed E-state index contributed by atoms with van der Waals surface area (Å²) in [6.07, 6.45) is 1.67. The van der Waals surface area contributed by atoms with Crippen molar-refractivity contribution < 1.29 is 14.2 Å². The zero-order chi connectivity index (χ0) is 13.2. The Balaban J connectivity index is 1.89. The lowest BCUT2D eigenvalue weighted by Gasteiger charge is -2.12. The fourth-order valence-electron chi connectivity index (χ4n) is 1.89. The summed E-state index contributed by atoms with van der Waals surface area (Å²) in [7, 11) is 0. The van der Waals surface area contributed by atoms with E-state index in [0.29, 0.717) is 17.4 Å². The first-order chi connectivity index (χ1) is 9.24. The van der Waals surface area contributed by atoms with Crippen molar-refractivity contribution in [3.8, 4) is 23.1 Å². The third-order valence-corrected chi connectivity index (χ3v) is 2.85. The van der Waals surface area contributed by atoms with Crippen molar-refractivity contribution in [2.75, 3.05) is 6.79 Å². The Hall–Kier alpha value is -2.27. The Kier molecular flexibility index (Phi) is 2.97. The van der Waals surface area contributed by atoms with Crippen LogP contribution in [-0.2, 0) is 0 Å². The number of fused-ring (bicyclic) bond motifs is 1. The van der Waals surface area contributed by atoms with Crippen molar-refractivity contribution in [2.45, 2.75) is 13.0 Å². The van der Waals surface area contributed by atoms with Gasteiger partial charge in [-0.15, -0.1) is 0 Å². The molecule has 1 aliphatic heterocycles. The van der Waals surface area contributed by atoms with E-state index in [-0.39, 0.29) is 12.8 Å². The number of aromatic nitrogens is 1. The maximum absolute atomic E-state index is 5.89. The van der Waals surface area contributed by atoms with E-state index in [1.54, 1.807) is 12.3 Å². The molecule has 0 spiro atoms. The molecular formula is C14H14N2O3. The van der Waals surface area contributed by atoms with Gasteiger partial charge in [0.05, 0.1) is 0 Å². The molecule has 0 saturated heterocycles. The van der Waals surface area contributed by atoms with Crippen LogP contribution in [0.3, 0.4) is 0 Å². The van der Waals surface area contributed by atoms with E-state index in [1.165, 1.54) is 0 Å². The molecule has 2 aromatic rings. The van der Waals surface area contributed by atoms with E-state index in [4.69, 9.17) is 19.9 Å². The van der Waals surface area contributed by atoms with E-state index in [0.717, 1.165) is 11.3 Å². The number of rotatable bonds is 3. The highest BCUT2D eigenvalue weighted by molar-refractivity contribution is 5.48. The van der Waals surface area contributed by atoms with Crippen LogP contribution in [0.25, 0.3) is 0 Å². The first-order valence-electron chi connectivity index (χ1n) is 6.02. The lowest BCUT2D eigenvalue weighted by molar-refractivity contribution is 0.174. The molecule has 2 N–H and O–H groups in total. The zero-order valence-electron chi connectivity index (χ0n) is 10.5. The standard InChI is InChI=1S/C14H14N2O3/c1-9(15)11-3-2-6-16-14(11)19-10-4-5-12-13(7-10)18-8-17-12/h2-7,9H,8,15H2,1H3/t9-/m1/s1. The largest absolute Gasteiger partial charge is 0.454 e. The van der Waals surface area contributed by atoms with Gasteiger partial charge >= 0.3 is 0 Å². The van der Waals surface area contributed by atoms with E-state index >= 15 is 0 Å². The monoisotopic (exact) mass is 258 g/mol. The van der Waals surface area contributed by atoms with E-state index < -0.39 is 0 Å². The molecule has 0 aliphatic carbocycles.